The monoisotopic (exact) mass is 405 g/mol. The van der Waals surface area contributed by atoms with Crippen molar-refractivity contribution in [3.8, 4) is 0 Å². The summed E-state index contributed by atoms with van der Waals surface area (Å²) in [6, 6.07) is 0. The van der Waals surface area contributed by atoms with Gasteiger partial charge in [0.15, 0.2) is 5.96 Å². The standard InChI is InChI=1S/C18H30F3N5O2/c1-4-22-16(26-10-6-14(12-26)13-28-5-2)24-8-7-17(27,18(19,20)21)15-23-9-11-25(15)3/h9,11,14,27H,4-8,10,12-13H2,1-3H3,(H,22,24). The number of rotatable bonds is 8. The maximum absolute atomic E-state index is 13.6. The number of alkyl halides is 3. The molecule has 0 amide bonds. The average Bonchev–Trinajstić information content (AvgIpc) is 3.27. The number of aromatic nitrogens is 2. The van der Waals surface area contributed by atoms with Gasteiger partial charge in [0.05, 0.1) is 6.61 Å². The SMILES string of the molecule is CCNC(=NCCC(O)(c1nccn1C)C(F)(F)F)N1CCC(COCC)C1. The van der Waals surface area contributed by atoms with Crippen LogP contribution in [0.3, 0.4) is 0 Å². The van der Waals surface area contributed by atoms with Crippen molar-refractivity contribution in [3.63, 3.8) is 0 Å². The maximum Gasteiger partial charge on any atom is 0.424 e. The molecule has 2 unspecified atom stereocenters. The summed E-state index contributed by atoms with van der Waals surface area (Å²) in [5.74, 6) is 0.507. The van der Waals surface area contributed by atoms with E-state index in [1.54, 1.807) is 0 Å². The third-order valence-electron chi connectivity index (χ3n) is 4.87. The van der Waals surface area contributed by atoms with Crippen molar-refractivity contribution in [2.24, 2.45) is 18.0 Å². The molecule has 0 aromatic carbocycles. The van der Waals surface area contributed by atoms with Crippen LogP contribution in [-0.4, -0.2) is 71.1 Å². The molecule has 2 heterocycles. The lowest BCUT2D eigenvalue weighted by Crippen LogP contribution is -2.45. The number of ether oxygens (including phenoxy) is 1. The highest BCUT2D eigenvalue weighted by molar-refractivity contribution is 5.80. The second kappa shape index (κ2) is 9.60. The van der Waals surface area contributed by atoms with Crippen LogP contribution in [0.25, 0.3) is 0 Å². The summed E-state index contributed by atoms with van der Waals surface area (Å²) < 4.78 is 47.4. The maximum atomic E-state index is 13.6. The van der Waals surface area contributed by atoms with Crippen molar-refractivity contribution in [2.75, 3.05) is 39.4 Å². The molecule has 1 saturated heterocycles. The van der Waals surface area contributed by atoms with Gasteiger partial charge in [-0.15, -0.1) is 0 Å². The smallest absolute Gasteiger partial charge is 0.381 e. The van der Waals surface area contributed by atoms with Crippen LogP contribution in [0.1, 0.15) is 32.5 Å². The van der Waals surface area contributed by atoms with Crippen LogP contribution in [0, 0.1) is 5.92 Å². The van der Waals surface area contributed by atoms with E-state index < -0.39 is 24.0 Å². The van der Waals surface area contributed by atoms with Gasteiger partial charge >= 0.3 is 6.18 Å². The minimum Gasteiger partial charge on any atom is -0.381 e. The van der Waals surface area contributed by atoms with Crippen LogP contribution in [0.15, 0.2) is 17.4 Å². The third kappa shape index (κ3) is 5.16. The highest BCUT2D eigenvalue weighted by Gasteiger charge is 2.57. The lowest BCUT2D eigenvalue weighted by atomic mass is 9.98. The molecular weight excluding hydrogens is 375 g/mol. The van der Waals surface area contributed by atoms with Crippen molar-refractivity contribution in [3.05, 3.63) is 18.2 Å². The summed E-state index contributed by atoms with van der Waals surface area (Å²) in [5.41, 5.74) is -3.05. The highest BCUT2D eigenvalue weighted by atomic mass is 19.4. The molecule has 0 saturated carbocycles. The Labute approximate surface area is 163 Å². The molecule has 0 radical (unpaired) electrons. The van der Waals surface area contributed by atoms with Crippen molar-refractivity contribution >= 4 is 5.96 Å². The number of likely N-dealkylation sites (tertiary alicyclic amines) is 1. The van der Waals surface area contributed by atoms with Crippen LogP contribution in [-0.2, 0) is 17.4 Å². The summed E-state index contributed by atoms with van der Waals surface area (Å²) in [4.78, 5) is 10.1. The molecule has 1 fully saturated rings. The molecule has 0 bridgehead atoms. The Morgan fingerprint density at radius 1 is 1.43 bits per heavy atom. The van der Waals surface area contributed by atoms with Gasteiger partial charge in [-0.05, 0) is 20.3 Å². The van der Waals surface area contributed by atoms with Gasteiger partial charge in [0.2, 0.25) is 5.60 Å². The fraction of sp³-hybridized carbons (Fsp3) is 0.778. The van der Waals surface area contributed by atoms with E-state index in [4.69, 9.17) is 4.74 Å². The summed E-state index contributed by atoms with van der Waals surface area (Å²) in [5, 5.41) is 13.5. The van der Waals surface area contributed by atoms with Gasteiger partial charge in [0.25, 0.3) is 0 Å². The van der Waals surface area contributed by atoms with Gasteiger partial charge < -0.3 is 24.6 Å². The summed E-state index contributed by atoms with van der Waals surface area (Å²) >= 11 is 0. The fourth-order valence-corrected chi connectivity index (χ4v) is 3.34. The van der Waals surface area contributed by atoms with E-state index in [1.165, 1.54) is 24.0 Å². The molecule has 2 N–H and O–H groups in total. The van der Waals surface area contributed by atoms with Crippen molar-refractivity contribution < 1.29 is 23.0 Å². The Balaban J connectivity index is 2.08. The molecule has 1 aromatic heterocycles. The van der Waals surface area contributed by atoms with Gasteiger partial charge in [-0.3, -0.25) is 4.99 Å². The average molecular weight is 405 g/mol. The number of nitrogens with one attached hydrogen (secondary N) is 1. The second-order valence-electron chi connectivity index (χ2n) is 6.97. The molecule has 0 spiro atoms. The Hall–Kier alpha value is -1.81. The van der Waals surface area contributed by atoms with Crippen molar-refractivity contribution in [2.45, 2.75) is 38.5 Å². The largest absolute Gasteiger partial charge is 0.424 e. The van der Waals surface area contributed by atoms with E-state index in [-0.39, 0.29) is 6.54 Å². The molecule has 1 aliphatic rings. The normalized spacial score (nSPS) is 20.5. The Morgan fingerprint density at radius 2 is 2.18 bits per heavy atom. The first-order valence-electron chi connectivity index (χ1n) is 9.60. The van der Waals surface area contributed by atoms with Gasteiger partial charge in [0.1, 0.15) is 5.82 Å². The number of nitrogens with zero attached hydrogens (tertiary/aromatic N) is 4. The van der Waals surface area contributed by atoms with Gasteiger partial charge in [-0.25, -0.2) is 4.98 Å². The Bertz CT molecular complexity index is 649. The van der Waals surface area contributed by atoms with Crippen LogP contribution in [0.2, 0.25) is 0 Å². The first-order valence-corrected chi connectivity index (χ1v) is 9.60. The van der Waals surface area contributed by atoms with E-state index in [2.05, 4.69) is 15.3 Å². The number of aliphatic imine (C=N–C) groups is 1. The molecule has 1 aromatic rings. The highest BCUT2D eigenvalue weighted by Crippen LogP contribution is 2.40. The third-order valence-corrected chi connectivity index (χ3v) is 4.87. The number of hydrogen-bond donors (Lipinski definition) is 2. The molecule has 10 heteroatoms. The number of aliphatic hydroxyl groups is 1. The molecule has 2 atom stereocenters. The first-order chi connectivity index (χ1) is 13.2. The zero-order valence-corrected chi connectivity index (χ0v) is 16.7. The van der Waals surface area contributed by atoms with E-state index in [1.807, 2.05) is 18.7 Å². The minimum absolute atomic E-state index is 0.183. The fourth-order valence-electron chi connectivity index (χ4n) is 3.34. The summed E-state index contributed by atoms with van der Waals surface area (Å²) in [6.07, 6.45) is -1.89. The Kier molecular flexibility index (Phi) is 7.70. The summed E-state index contributed by atoms with van der Waals surface area (Å²) in [7, 11) is 1.43. The molecule has 2 rings (SSSR count). The number of guanidine groups is 1. The lowest BCUT2D eigenvalue weighted by Gasteiger charge is -2.29. The predicted molar refractivity (Wildman–Crippen MR) is 99.9 cm³/mol. The van der Waals surface area contributed by atoms with E-state index in [9.17, 15) is 18.3 Å². The quantitative estimate of drug-likeness (QED) is 0.510. The van der Waals surface area contributed by atoms with Crippen LogP contribution < -0.4 is 5.32 Å². The zero-order valence-electron chi connectivity index (χ0n) is 16.7. The molecule has 0 aliphatic carbocycles. The minimum atomic E-state index is -4.85. The van der Waals surface area contributed by atoms with Gasteiger partial charge in [0, 0.05) is 64.6 Å². The van der Waals surface area contributed by atoms with Gasteiger partial charge in [-0.2, -0.15) is 13.2 Å². The van der Waals surface area contributed by atoms with Crippen LogP contribution >= 0.6 is 0 Å². The molecular formula is C18H30F3N5O2. The number of halogens is 3. The zero-order chi connectivity index (χ0) is 20.8. The summed E-state index contributed by atoms with van der Waals surface area (Å²) in [6.45, 7) is 7.12. The molecule has 1 aliphatic heterocycles. The molecule has 160 valence electrons. The van der Waals surface area contributed by atoms with Crippen molar-refractivity contribution in [1.82, 2.24) is 19.8 Å². The van der Waals surface area contributed by atoms with Gasteiger partial charge in [-0.1, -0.05) is 0 Å². The van der Waals surface area contributed by atoms with E-state index in [0.29, 0.717) is 31.6 Å². The topological polar surface area (TPSA) is 74.9 Å². The number of imidazole rings is 1. The van der Waals surface area contributed by atoms with Crippen LogP contribution in [0.4, 0.5) is 13.2 Å². The number of aryl methyl sites for hydroxylation is 1. The second-order valence-corrected chi connectivity index (χ2v) is 6.97. The number of hydrogen-bond acceptors (Lipinski definition) is 4. The van der Waals surface area contributed by atoms with E-state index in [0.717, 1.165) is 19.5 Å². The van der Waals surface area contributed by atoms with Crippen molar-refractivity contribution in [1.29, 1.82) is 0 Å². The molecule has 7 nitrogen and oxygen atoms in total. The lowest BCUT2D eigenvalue weighted by molar-refractivity contribution is -0.272. The van der Waals surface area contributed by atoms with E-state index >= 15 is 0 Å². The first kappa shape index (κ1) is 22.5. The Morgan fingerprint density at radius 3 is 2.75 bits per heavy atom. The predicted octanol–water partition coefficient (Wildman–Crippen LogP) is 1.88. The van der Waals surface area contributed by atoms with Crippen LogP contribution in [0.5, 0.6) is 0 Å². The molecule has 28 heavy (non-hydrogen) atoms.